The van der Waals surface area contributed by atoms with Crippen molar-refractivity contribution in [1.29, 1.82) is 0 Å². The topological polar surface area (TPSA) is 33.1 Å². The Morgan fingerprint density at radius 1 is 1.04 bits per heavy atom. The van der Waals surface area contributed by atoms with Crippen LogP contribution in [0.15, 0.2) is 60.8 Å². The molecule has 0 bridgehead atoms. The molecule has 4 rings (SSSR count). The second-order valence-electron chi connectivity index (χ2n) is 6.73. The first-order valence-corrected chi connectivity index (χ1v) is 9.17. The van der Waals surface area contributed by atoms with E-state index in [1.807, 2.05) is 24.4 Å². The van der Waals surface area contributed by atoms with E-state index >= 15 is 0 Å². The number of likely N-dealkylation sites (N-methyl/N-ethyl adjacent to an activating group) is 1. The predicted molar refractivity (Wildman–Crippen MR) is 108 cm³/mol. The number of aryl methyl sites for hydroxylation is 1. The van der Waals surface area contributed by atoms with Gasteiger partial charge in [-0.2, -0.15) is 0 Å². The van der Waals surface area contributed by atoms with Crippen LogP contribution in [0.3, 0.4) is 0 Å². The van der Waals surface area contributed by atoms with Crippen LogP contribution in [-0.4, -0.2) is 26.6 Å². The minimum absolute atomic E-state index is 0.0402. The third-order valence-corrected chi connectivity index (χ3v) is 5.55. The van der Waals surface area contributed by atoms with E-state index in [1.54, 1.807) is 0 Å². The highest BCUT2D eigenvalue weighted by atomic mass is 32.1. The van der Waals surface area contributed by atoms with Crippen molar-refractivity contribution in [3.05, 3.63) is 83.4 Å². The molecule has 1 N–H and O–H groups in total. The van der Waals surface area contributed by atoms with Gasteiger partial charge < -0.3 is 14.8 Å². The standard InChI is InChI=1S/C21H22N4S/c1-14-13-17(15(2)25(14)16-9-5-4-6-10-16)20-19(23-21(26)24(20)3)18-11-7-8-12-22-18/h4-13,19-20H,1-3H3,(H,23,26)/t19-,20-/m0/s1. The summed E-state index contributed by atoms with van der Waals surface area (Å²) in [6, 6.07) is 18.9. The number of aromatic nitrogens is 2. The Balaban J connectivity index is 1.82. The van der Waals surface area contributed by atoms with Gasteiger partial charge in [-0.15, -0.1) is 0 Å². The van der Waals surface area contributed by atoms with Gasteiger partial charge in [0.25, 0.3) is 0 Å². The molecule has 132 valence electrons. The minimum atomic E-state index is 0.0402. The van der Waals surface area contributed by atoms with Gasteiger partial charge in [-0.25, -0.2) is 0 Å². The average Bonchev–Trinajstić information content (AvgIpc) is 3.12. The summed E-state index contributed by atoms with van der Waals surface area (Å²) in [7, 11) is 2.05. The summed E-state index contributed by atoms with van der Waals surface area (Å²) in [5.41, 5.74) is 5.91. The van der Waals surface area contributed by atoms with Crippen molar-refractivity contribution in [3.8, 4) is 5.69 Å². The summed E-state index contributed by atoms with van der Waals surface area (Å²) < 4.78 is 2.31. The van der Waals surface area contributed by atoms with Crippen molar-refractivity contribution in [2.75, 3.05) is 7.05 Å². The van der Waals surface area contributed by atoms with Crippen LogP contribution in [-0.2, 0) is 0 Å². The van der Waals surface area contributed by atoms with Crippen molar-refractivity contribution in [2.24, 2.45) is 0 Å². The zero-order valence-corrected chi connectivity index (χ0v) is 16.0. The summed E-state index contributed by atoms with van der Waals surface area (Å²) in [4.78, 5) is 6.71. The lowest BCUT2D eigenvalue weighted by atomic mass is 9.97. The molecule has 1 aromatic carbocycles. The molecular formula is C21H22N4S. The van der Waals surface area contributed by atoms with Crippen LogP contribution in [0.1, 0.15) is 34.7 Å². The summed E-state index contributed by atoms with van der Waals surface area (Å²) in [6.07, 6.45) is 1.84. The molecule has 5 heteroatoms. The molecule has 3 aromatic rings. The van der Waals surface area contributed by atoms with Gasteiger partial charge >= 0.3 is 0 Å². The molecule has 1 fully saturated rings. The average molecular weight is 363 g/mol. The first-order chi connectivity index (χ1) is 12.6. The lowest BCUT2D eigenvalue weighted by Gasteiger charge is -2.24. The molecular weight excluding hydrogens is 340 g/mol. The van der Waals surface area contributed by atoms with Crippen molar-refractivity contribution in [3.63, 3.8) is 0 Å². The number of hydrogen-bond donors (Lipinski definition) is 1. The van der Waals surface area contributed by atoms with Crippen LogP contribution >= 0.6 is 12.2 Å². The van der Waals surface area contributed by atoms with Crippen molar-refractivity contribution < 1.29 is 0 Å². The van der Waals surface area contributed by atoms with Crippen molar-refractivity contribution in [2.45, 2.75) is 25.9 Å². The number of pyridine rings is 1. The Labute approximate surface area is 159 Å². The second kappa shape index (κ2) is 6.57. The Morgan fingerprint density at radius 2 is 1.77 bits per heavy atom. The second-order valence-corrected chi connectivity index (χ2v) is 7.12. The third-order valence-electron chi connectivity index (χ3n) is 5.14. The highest BCUT2D eigenvalue weighted by molar-refractivity contribution is 7.80. The van der Waals surface area contributed by atoms with E-state index in [4.69, 9.17) is 12.2 Å². The Hall–Kier alpha value is -2.66. The van der Waals surface area contributed by atoms with E-state index in [1.165, 1.54) is 22.6 Å². The van der Waals surface area contributed by atoms with E-state index in [9.17, 15) is 0 Å². The van der Waals surface area contributed by atoms with E-state index in [0.29, 0.717) is 0 Å². The molecule has 0 unspecified atom stereocenters. The van der Waals surface area contributed by atoms with Crippen molar-refractivity contribution in [1.82, 2.24) is 19.8 Å². The minimum Gasteiger partial charge on any atom is -0.352 e. The molecule has 2 atom stereocenters. The van der Waals surface area contributed by atoms with Gasteiger partial charge in [0.1, 0.15) is 0 Å². The quantitative estimate of drug-likeness (QED) is 0.712. The molecule has 0 spiro atoms. The summed E-state index contributed by atoms with van der Waals surface area (Å²) in [6.45, 7) is 4.33. The normalized spacial score (nSPS) is 19.7. The number of rotatable bonds is 3. The van der Waals surface area contributed by atoms with Crippen LogP contribution in [0.4, 0.5) is 0 Å². The Morgan fingerprint density at radius 3 is 2.46 bits per heavy atom. The zero-order chi connectivity index (χ0) is 18.3. The van der Waals surface area contributed by atoms with Crippen LogP contribution in [0.2, 0.25) is 0 Å². The van der Waals surface area contributed by atoms with Crippen LogP contribution in [0.25, 0.3) is 5.69 Å². The highest BCUT2D eigenvalue weighted by Crippen LogP contribution is 2.40. The summed E-state index contributed by atoms with van der Waals surface area (Å²) in [5, 5.41) is 4.21. The molecule has 0 radical (unpaired) electrons. The van der Waals surface area contributed by atoms with E-state index in [0.717, 1.165) is 10.8 Å². The van der Waals surface area contributed by atoms with E-state index in [2.05, 4.69) is 77.1 Å². The molecule has 1 aliphatic heterocycles. The summed E-state index contributed by atoms with van der Waals surface area (Å²) in [5.74, 6) is 0. The molecule has 3 heterocycles. The lowest BCUT2D eigenvalue weighted by Crippen LogP contribution is -2.25. The maximum absolute atomic E-state index is 5.55. The number of hydrogen-bond acceptors (Lipinski definition) is 2. The van der Waals surface area contributed by atoms with E-state index in [-0.39, 0.29) is 12.1 Å². The first-order valence-electron chi connectivity index (χ1n) is 8.76. The number of nitrogens with zero attached hydrogens (tertiary/aromatic N) is 3. The molecule has 1 aliphatic rings. The van der Waals surface area contributed by atoms with Gasteiger partial charge in [0.2, 0.25) is 0 Å². The maximum Gasteiger partial charge on any atom is 0.169 e. The highest BCUT2D eigenvalue weighted by Gasteiger charge is 2.39. The third kappa shape index (κ3) is 2.69. The van der Waals surface area contributed by atoms with Crippen LogP contribution in [0.5, 0.6) is 0 Å². The molecule has 0 aliphatic carbocycles. The summed E-state index contributed by atoms with van der Waals surface area (Å²) >= 11 is 5.55. The van der Waals surface area contributed by atoms with Gasteiger partial charge in [0, 0.05) is 30.3 Å². The molecule has 1 saturated heterocycles. The van der Waals surface area contributed by atoms with Gasteiger partial charge in [-0.05, 0) is 62.0 Å². The fourth-order valence-electron chi connectivity index (χ4n) is 3.91. The largest absolute Gasteiger partial charge is 0.352 e. The fraction of sp³-hybridized carbons (Fsp3) is 0.238. The molecule has 0 saturated carbocycles. The molecule has 4 nitrogen and oxygen atoms in total. The van der Waals surface area contributed by atoms with Crippen LogP contribution in [0, 0.1) is 13.8 Å². The number of thiocarbonyl (C=S) groups is 1. The van der Waals surface area contributed by atoms with Crippen LogP contribution < -0.4 is 5.32 Å². The monoisotopic (exact) mass is 362 g/mol. The first kappa shape index (κ1) is 16.8. The van der Waals surface area contributed by atoms with Gasteiger partial charge in [0.05, 0.1) is 17.8 Å². The maximum atomic E-state index is 5.55. The molecule has 2 aromatic heterocycles. The molecule has 26 heavy (non-hydrogen) atoms. The zero-order valence-electron chi connectivity index (χ0n) is 15.2. The Bertz CT molecular complexity index is 933. The van der Waals surface area contributed by atoms with Gasteiger partial charge in [0.15, 0.2) is 5.11 Å². The number of para-hydroxylation sites is 1. The van der Waals surface area contributed by atoms with Crippen molar-refractivity contribution >= 4 is 17.3 Å². The van der Waals surface area contributed by atoms with E-state index < -0.39 is 0 Å². The fourth-order valence-corrected chi connectivity index (χ4v) is 4.15. The number of benzene rings is 1. The lowest BCUT2D eigenvalue weighted by molar-refractivity contribution is 0.367. The number of nitrogens with one attached hydrogen (secondary N) is 1. The smallest absolute Gasteiger partial charge is 0.169 e. The Kier molecular flexibility index (Phi) is 4.24. The molecule has 0 amide bonds. The van der Waals surface area contributed by atoms with Gasteiger partial charge in [-0.3, -0.25) is 4.98 Å². The predicted octanol–water partition coefficient (Wildman–Crippen LogP) is 4.09. The SMILES string of the molecule is Cc1cc([C@H]2[C@H](c3ccccn3)NC(=S)N2C)c(C)n1-c1ccccc1. The van der Waals surface area contributed by atoms with Gasteiger partial charge in [-0.1, -0.05) is 24.3 Å².